The van der Waals surface area contributed by atoms with Crippen LogP contribution in [0.3, 0.4) is 0 Å². The molecular weight excluding hydrogens is 434 g/mol. The number of aliphatic hydroxyl groups is 1. The molecule has 0 radical (unpaired) electrons. The average molecular weight is 459 g/mol. The number of fused-ring (bicyclic) bond motifs is 4. The fourth-order valence-corrected chi connectivity index (χ4v) is 4.25. The zero-order valence-electron chi connectivity index (χ0n) is 17.3. The summed E-state index contributed by atoms with van der Waals surface area (Å²) in [5, 5.41) is 16.5. The minimum Gasteiger partial charge on any atom is -0.432 e. The zero-order chi connectivity index (χ0) is 22.8. The number of benzene rings is 1. The molecule has 3 amide bonds. The van der Waals surface area contributed by atoms with Gasteiger partial charge in [0.1, 0.15) is 12.1 Å². The quantitative estimate of drug-likeness (QED) is 0.549. The first-order valence-corrected chi connectivity index (χ1v) is 10.6. The Labute approximate surface area is 182 Å². The van der Waals surface area contributed by atoms with Crippen molar-refractivity contribution in [3.8, 4) is 0 Å². The van der Waals surface area contributed by atoms with E-state index in [0.717, 1.165) is 19.3 Å². The van der Waals surface area contributed by atoms with Crippen LogP contribution in [-0.2, 0) is 5.54 Å². The van der Waals surface area contributed by atoms with Crippen molar-refractivity contribution in [2.24, 2.45) is 0 Å². The van der Waals surface area contributed by atoms with Crippen molar-refractivity contribution in [2.75, 3.05) is 18.5 Å². The molecule has 0 atom stereocenters. The number of aromatic nitrogens is 1. The standard InChI is InChI=1S/C18H19ClF2N4O4.C2H6/c19-9-6-10-13(29-15(23-10)14(27)22-7-18(20,21)8-26)11-12(9)24-16(28)25-17(11)4-2-1-3-5-17;1-2/h6,26H,1-5,7-8H2,(H,22,27)(H2,24,25,28);1-2H3. The minimum absolute atomic E-state index is 0.249. The first-order chi connectivity index (χ1) is 14.7. The Balaban J connectivity index is 0.00000132. The summed E-state index contributed by atoms with van der Waals surface area (Å²) in [5.41, 5.74) is 0.885. The molecule has 1 saturated carbocycles. The van der Waals surface area contributed by atoms with Gasteiger partial charge in [-0.2, -0.15) is 0 Å². The van der Waals surface area contributed by atoms with E-state index in [1.54, 1.807) is 0 Å². The van der Waals surface area contributed by atoms with Crippen LogP contribution in [0.15, 0.2) is 10.5 Å². The smallest absolute Gasteiger partial charge is 0.319 e. The summed E-state index contributed by atoms with van der Waals surface area (Å²) in [4.78, 5) is 28.6. The Morgan fingerprint density at radius 1 is 1.35 bits per heavy atom. The van der Waals surface area contributed by atoms with E-state index in [-0.39, 0.29) is 22.2 Å². The van der Waals surface area contributed by atoms with Crippen LogP contribution in [0.25, 0.3) is 11.1 Å². The van der Waals surface area contributed by atoms with Crippen LogP contribution in [0, 0.1) is 0 Å². The van der Waals surface area contributed by atoms with E-state index >= 15 is 0 Å². The van der Waals surface area contributed by atoms with E-state index < -0.39 is 36.4 Å². The van der Waals surface area contributed by atoms with Crippen LogP contribution in [0.5, 0.6) is 0 Å². The molecule has 170 valence electrons. The van der Waals surface area contributed by atoms with Gasteiger partial charge in [0.2, 0.25) is 0 Å². The van der Waals surface area contributed by atoms with Crippen LogP contribution in [0.2, 0.25) is 5.02 Å². The number of hydrogen-bond acceptors (Lipinski definition) is 5. The van der Waals surface area contributed by atoms with E-state index in [9.17, 15) is 18.4 Å². The number of oxazole rings is 1. The summed E-state index contributed by atoms with van der Waals surface area (Å²) in [5.74, 6) is -4.80. The van der Waals surface area contributed by atoms with Gasteiger partial charge in [0.15, 0.2) is 5.58 Å². The van der Waals surface area contributed by atoms with Gasteiger partial charge in [0.05, 0.1) is 22.8 Å². The second-order valence-electron chi connectivity index (χ2n) is 7.39. The molecular formula is C20H25ClF2N4O4. The average Bonchev–Trinajstić information content (AvgIpc) is 3.17. The summed E-state index contributed by atoms with van der Waals surface area (Å²) in [7, 11) is 0. The largest absolute Gasteiger partial charge is 0.432 e. The maximum atomic E-state index is 13.2. The van der Waals surface area contributed by atoms with E-state index in [2.05, 4.69) is 15.6 Å². The lowest BCUT2D eigenvalue weighted by atomic mass is 9.74. The number of aliphatic hydroxyl groups excluding tert-OH is 1. The van der Waals surface area contributed by atoms with Gasteiger partial charge in [-0.3, -0.25) is 4.79 Å². The number of carbonyl (C=O) groups excluding carboxylic acids is 2. The zero-order valence-corrected chi connectivity index (χ0v) is 18.0. The van der Waals surface area contributed by atoms with Crippen LogP contribution < -0.4 is 16.0 Å². The lowest BCUT2D eigenvalue weighted by molar-refractivity contribution is -0.0463. The molecule has 31 heavy (non-hydrogen) atoms. The summed E-state index contributed by atoms with van der Waals surface area (Å²) < 4.78 is 32.1. The highest BCUT2D eigenvalue weighted by Gasteiger charge is 2.44. The van der Waals surface area contributed by atoms with Crippen LogP contribution in [-0.4, -0.2) is 41.1 Å². The lowest BCUT2D eigenvalue weighted by Crippen LogP contribution is -2.52. The van der Waals surface area contributed by atoms with Crippen LogP contribution in [0.4, 0.5) is 19.3 Å². The van der Waals surface area contributed by atoms with Crippen molar-refractivity contribution in [3.63, 3.8) is 0 Å². The minimum atomic E-state index is -3.45. The van der Waals surface area contributed by atoms with Crippen molar-refractivity contribution in [1.29, 1.82) is 0 Å². The topological polar surface area (TPSA) is 116 Å². The van der Waals surface area contributed by atoms with Gasteiger partial charge in [0, 0.05) is 5.56 Å². The van der Waals surface area contributed by atoms with E-state index in [4.69, 9.17) is 21.1 Å². The molecule has 11 heteroatoms. The molecule has 1 fully saturated rings. The van der Waals surface area contributed by atoms with Crippen LogP contribution >= 0.6 is 11.6 Å². The first kappa shape index (κ1) is 23.2. The number of alkyl halides is 2. The fourth-order valence-electron chi connectivity index (χ4n) is 4.01. The Kier molecular flexibility index (Phi) is 6.70. The molecule has 1 aliphatic carbocycles. The second kappa shape index (κ2) is 8.96. The molecule has 1 aliphatic heterocycles. The van der Waals surface area contributed by atoms with E-state index in [0.29, 0.717) is 24.1 Å². The van der Waals surface area contributed by atoms with E-state index in [1.165, 1.54) is 6.07 Å². The van der Waals surface area contributed by atoms with Gasteiger partial charge in [-0.1, -0.05) is 44.7 Å². The maximum Gasteiger partial charge on any atom is 0.319 e. The van der Waals surface area contributed by atoms with Gasteiger partial charge in [0.25, 0.3) is 11.8 Å². The molecule has 2 heterocycles. The fraction of sp³-hybridized carbons (Fsp3) is 0.550. The van der Waals surface area contributed by atoms with Gasteiger partial charge in [-0.25, -0.2) is 18.6 Å². The van der Waals surface area contributed by atoms with Gasteiger partial charge < -0.3 is 25.5 Å². The summed E-state index contributed by atoms with van der Waals surface area (Å²) in [6.45, 7) is 1.55. The SMILES string of the molecule is CC.O=C1Nc2c(Cl)cc3nc(C(=O)NCC(F)(F)CO)oc3c2C2(CCCCC2)N1. The number of anilines is 1. The number of hydrogen-bond donors (Lipinski definition) is 4. The third kappa shape index (κ3) is 4.45. The number of halogens is 3. The van der Waals surface area contributed by atoms with Gasteiger partial charge in [-0.05, 0) is 18.9 Å². The van der Waals surface area contributed by atoms with Crippen molar-refractivity contribution >= 4 is 40.3 Å². The molecule has 1 spiro atoms. The highest BCUT2D eigenvalue weighted by molar-refractivity contribution is 6.35. The molecule has 0 bridgehead atoms. The second-order valence-corrected chi connectivity index (χ2v) is 7.80. The Morgan fingerprint density at radius 3 is 2.68 bits per heavy atom. The molecule has 2 aliphatic rings. The number of urea groups is 1. The Bertz CT molecular complexity index is 989. The van der Waals surface area contributed by atoms with Crippen molar-refractivity contribution < 1.29 is 27.9 Å². The third-order valence-corrected chi connectivity index (χ3v) is 5.64. The number of nitrogens with zero attached hydrogens (tertiary/aromatic N) is 1. The summed E-state index contributed by atoms with van der Waals surface area (Å²) in [6, 6.07) is 1.09. The van der Waals surface area contributed by atoms with Crippen molar-refractivity contribution in [3.05, 3.63) is 22.5 Å². The number of amides is 3. The predicted molar refractivity (Wildman–Crippen MR) is 112 cm³/mol. The van der Waals surface area contributed by atoms with Crippen molar-refractivity contribution in [2.45, 2.75) is 57.4 Å². The molecule has 0 unspecified atom stereocenters. The normalized spacial score (nSPS) is 17.3. The Morgan fingerprint density at radius 2 is 2.03 bits per heavy atom. The highest BCUT2D eigenvalue weighted by Crippen LogP contribution is 2.48. The number of rotatable bonds is 4. The molecule has 2 aromatic rings. The van der Waals surface area contributed by atoms with Gasteiger partial charge >= 0.3 is 11.9 Å². The molecule has 4 rings (SSSR count). The number of nitrogens with one attached hydrogen (secondary N) is 3. The molecule has 8 nitrogen and oxygen atoms in total. The summed E-state index contributed by atoms with van der Waals surface area (Å²) in [6.07, 6.45) is 4.17. The monoisotopic (exact) mass is 458 g/mol. The number of carbonyl (C=O) groups is 2. The van der Waals surface area contributed by atoms with Crippen molar-refractivity contribution in [1.82, 2.24) is 15.6 Å². The molecule has 1 aromatic carbocycles. The Hall–Kier alpha value is -2.46. The highest BCUT2D eigenvalue weighted by atomic mass is 35.5. The maximum absolute atomic E-state index is 13.2. The molecule has 0 saturated heterocycles. The molecule has 1 aromatic heterocycles. The van der Waals surface area contributed by atoms with Crippen LogP contribution in [0.1, 0.15) is 62.2 Å². The lowest BCUT2D eigenvalue weighted by Gasteiger charge is -2.42. The molecule has 4 N–H and O–H groups in total. The van der Waals surface area contributed by atoms with Gasteiger partial charge in [-0.15, -0.1) is 0 Å². The predicted octanol–water partition coefficient (Wildman–Crippen LogP) is 4.16. The summed E-state index contributed by atoms with van der Waals surface area (Å²) >= 11 is 6.37. The first-order valence-electron chi connectivity index (χ1n) is 10.2. The third-order valence-electron chi connectivity index (χ3n) is 5.34. The van der Waals surface area contributed by atoms with E-state index in [1.807, 2.05) is 19.2 Å².